The molecule has 0 spiro atoms. The summed E-state index contributed by atoms with van der Waals surface area (Å²) in [4.78, 5) is 24.3. The van der Waals surface area contributed by atoms with Crippen LogP contribution < -0.4 is 4.74 Å². The highest BCUT2D eigenvalue weighted by Gasteiger charge is 2.18. The first-order chi connectivity index (χ1) is 10.3. The van der Waals surface area contributed by atoms with Gasteiger partial charge in [0.2, 0.25) is 0 Å². The van der Waals surface area contributed by atoms with E-state index in [1.54, 1.807) is 0 Å². The number of hydrogen-bond acceptors (Lipinski definition) is 3. The number of carbonyl (C=O) groups is 2. The molecular weight excluding hydrogens is 282 g/mol. The van der Waals surface area contributed by atoms with E-state index in [0.717, 1.165) is 0 Å². The Labute approximate surface area is 131 Å². The molecule has 1 aromatic carbocycles. The van der Waals surface area contributed by atoms with Gasteiger partial charge in [0.1, 0.15) is 5.75 Å². The third-order valence-electron chi connectivity index (χ3n) is 3.42. The van der Waals surface area contributed by atoms with Crippen molar-refractivity contribution in [1.82, 2.24) is 4.90 Å². The Hall–Kier alpha value is -2.04. The van der Waals surface area contributed by atoms with Gasteiger partial charge in [0.05, 0.1) is 6.42 Å². The number of benzene rings is 1. The molecule has 1 rings (SSSR count). The van der Waals surface area contributed by atoms with Crippen LogP contribution in [0, 0.1) is 0 Å². The molecule has 0 aromatic heterocycles. The van der Waals surface area contributed by atoms with Gasteiger partial charge < -0.3 is 14.7 Å². The van der Waals surface area contributed by atoms with E-state index in [0.29, 0.717) is 11.7 Å². The monoisotopic (exact) mass is 307 g/mol. The Kier molecular flexibility index (Phi) is 6.89. The molecule has 0 fully saturated rings. The molecule has 0 heterocycles. The van der Waals surface area contributed by atoms with Crippen molar-refractivity contribution in [1.29, 1.82) is 0 Å². The van der Waals surface area contributed by atoms with E-state index in [1.165, 1.54) is 10.5 Å². The number of aliphatic carboxylic acids is 1. The average molecular weight is 307 g/mol. The van der Waals surface area contributed by atoms with E-state index >= 15 is 0 Å². The molecule has 0 saturated heterocycles. The van der Waals surface area contributed by atoms with Crippen LogP contribution in [0.4, 0.5) is 0 Å². The zero-order chi connectivity index (χ0) is 16.7. The second kappa shape index (κ2) is 8.41. The van der Waals surface area contributed by atoms with Crippen molar-refractivity contribution in [3.63, 3.8) is 0 Å². The molecule has 0 aliphatic carbocycles. The van der Waals surface area contributed by atoms with Gasteiger partial charge in [0.15, 0.2) is 6.61 Å². The Morgan fingerprint density at radius 2 is 1.73 bits per heavy atom. The molecule has 0 saturated carbocycles. The van der Waals surface area contributed by atoms with Gasteiger partial charge in [-0.25, -0.2) is 0 Å². The van der Waals surface area contributed by atoms with Crippen molar-refractivity contribution < 1.29 is 19.4 Å². The lowest BCUT2D eigenvalue weighted by molar-refractivity contribution is -0.139. The SMILES string of the molecule is CC(C)c1ccc(OCC(=O)N(CCC(=O)O)C(C)C)cc1. The Morgan fingerprint density at radius 1 is 1.14 bits per heavy atom. The number of carboxylic acids is 1. The van der Waals surface area contributed by atoms with Crippen molar-refractivity contribution >= 4 is 11.9 Å². The van der Waals surface area contributed by atoms with Crippen LogP contribution in [0.25, 0.3) is 0 Å². The first-order valence-electron chi connectivity index (χ1n) is 7.55. The van der Waals surface area contributed by atoms with Crippen molar-refractivity contribution in [2.24, 2.45) is 0 Å². The zero-order valence-corrected chi connectivity index (χ0v) is 13.7. The normalized spacial score (nSPS) is 10.8. The van der Waals surface area contributed by atoms with E-state index in [2.05, 4.69) is 13.8 Å². The van der Waals surface area contributed by atoms with Gasteiger partial charge >= 0.3 is 5.97 Å². The summed E-state index contributed by atoms with van der Waals surface area (Å²) in [6, 6.07) is 7.60. The molecule has 0 aliphatic rings. The summed E-state index contributed by atoms with van der Waals surface area (Å²) in [7, 11) is 0. The minimum absolute atomic E-state index is 0.0567. The van der Waals surface area contributed by atoms with Crippen LogP contribution in [0.3, 0.4) is 0 Å². The van der Waals surface area contributed by atoms with Gasteiger partial charge in [-0.15, -0.1) is 0 Å². The number of nitrogens with zero attached hydrogens (tertiary/aromatic N) is 1. The van der Waals surface area contributed by atoms with Crippen molar-refractivity contribution in [2.45, 2.75) is 46.1 Å². The van der Waals surface area contributed by atoms with Crippen molar-refractivity contribution in [3.05, 3.63) is 29.8 Å². The molecule has 5 nitrogen and oxygen atoms in total. The molecule has 1 aromatic rings. The average Bonchev–Trinajstić information content (AvgIpc) is 2.45. The molecule has 5 heteroatoms. The van der Waals surface area contributed by atoms with Crippen LogP contribution in [-0.4, -0.2) is 41.1 Å². The fourth-order valence-electron chi connectivity index (χ4n) is 2.06. The summed E-state index contributed by atoms with van der Waals surface area (Å²) in [5.41, 5.74) is 1.21. The van der Waals surface area contributed by atoms with Crippen LogP contribution in [0.5, 0.6) is 5.75 Å². The number of amides is 1. The van der Waals surface area contributed by atoms with Gasteiger partial charge in [-0.05, 0) is 37.5 Å². The quantitative estimate of drug-likeness (QED) is 0.802. The number of carboxylic acid groups (broad SMARTS) is 1. The molecule has 0 aliphatic heterocycles. The molecule has 0 atom stereocenters. The highest BCUT2D eigenvalue weighted by molar-refractivity contribution is 5.78. The number of rotatable bonds is 8. The van der Waals surface area contributed by atoms with Crippen LogP contribution in [-0.2, 0) is 9.59 Å². The van der Waals surface area contributed by atoms with Crippen LogP contribution in [0.15, 0.2) is 24.3 Å². The molecule has 0 unspecified atom stereocenters. The Bertz CT molecular complexity index is 494. The molecule has 0 bridgehead atoms. The molecular formula is C17H25NO4. The predicted molar refractivity (Wildman–Crippen MR) is 85.1 cm³/mol. The third kappa shape index (κ3) is 5.76. The molecule has 1 N–H and O–H groups in total. The lowest BCUT2D eigenvalue weighted by atomic mass is 10.0. The van der Waals surface area contributed by atoms with Gasteiger partial charge in [0, 0.05) is 12.6 Å². The van der Waals surface area contributed by atoms with Crippen LogP contribution >= 0.6 is 0 Å². The second-order valence-electron chi connectivity index (χ2n) is 5.84. The molecule has 22 heavy (non-hydrogen) atoms. The lowest BCUT2D eigenvalue weighted by Crippen LogP contribution is -2.41. The number of carbonyl (C=O) groups excluding carboxylic acids is 1. The third-order valence-corrected chi connectivity index (χ3v) is 3.42. The standard InChI is InChI=1S/C17H25NO4/c1-12(2)14-5-7-15(8-6-14)22-11-16(19)18(13(3)4)10-9-17(20)21/h5-8,12-13H,9-11H2,1-4H3,(H,20,21). The summed E-state index contributed by atoms with van der Waals surface area (Å²) < 4.78 is 5.50. The summed E-state index contributed by atoms with van der Waals surface area (Å²) in [5, 5.41) is 8.74. The fraction of sp³-hybridized carbons (Fsp3) is 0.529. The highest BCUT2D eigenvalue weighted by Crippen LogP contribution is 2.18. The molecule has 1 amide bonds. The Balaban J connectivity index is 2.56. The van der Waals surface area contributed by atoms with Gasteiger partial charge in [-0.3, -0.25) is 9.59 Å². The number of ether oxygens (including phenoxy) is 1. The first-order valence-corrected chi connectivity index (χ1v) is 7.55. The lowest BCUT2D eigenvalue weighted by Gasteiger charge is -2.26. The highest BCUT2D eigenvalue weighted by atomic mass is 16.5. The van der Waals surface area contributed by atoms with E-state index < -0.39 is 5.97 Å². The predicted octanol–water partition coefficient (Wildman–Crippen LogP) is 2.90. The van der Waals surface area contributed by atoms with Crippen molar-refractivity contribution in [3.8, 4) is 5.75 Å². The zero-order valence-electron chi connectivity index (χ0n) is 13.7. The molecule has 122 valence electrons. The van der Waals surface area contributed by atoms with Gasteiger partial charge in [-0.1, -0.05) is 26.0 Å². The maximum Gasteiger partial charge on any atom is 0.305 e. The summed E-state index contributed by atoms with van der Waals surface area (Å²) in [6.45, 7) is 8.05. The van der Waals surface area contributed by atoms with Crippen LogP contribution in [0.1, 0.15) is 45.6 Å². The minimum Gasteiger partial charge on any atom is -0.484 e. The Morgan fingerprint density at radius 3 is 2.18 bits per heavy atom. The second-order valence-corrected chi connectivity index (χ2v) is 5.84. The summed E-state index contributed by atoms with van der Waals surface area (Å²) in [6.07, 6.45) is -0.0625. The number of hydrogen-bond donors (Lipinski definition) is 1. The van der Waals surface area contributed by atoms with E-state index in [1.807, 2.05) is 38.1 Å². The topological polar surface area (TPSA) is 66.8 Å². The first kappa shape index (κ1) is 18.0. The van der Waals surface area contributed by atoms with Gasteiger partial charge in [0.25, 0.3) is 5.91 Å². The largest absolute Gasteiger partial charge is 0.484 e. The summed E-state index contributed by atoms with van der Waals surface area (Å²) in [5.74, 6) is -0.0318. The van der Waals surface area contributed by atoms with E-state index in [4.69, 9.17) is 9.84 Å². The maximum absolute atomic E-state index is 12.2. The van der Waals surface area contributed by atoms with Gasteiger partial charge in [-0.2, -0.15) is 0 Å². The fourth-order valence-corrected chi connectivity index (χ4v) is 2.06. The maximum atomic E-state index is 12.2. The van der Waals surface area contributed by atoms with E-state index in [-0.39, 0.29) is 31.5 Å². The van der Waals surface area contributed by atoms with Crippen molar-refractivity contribution in [2.75, 3.05) is 13.2 Å². The summed E-state index contributed by atoms with van der Waals surface area (Å²) >= 11 is 0. The smallest absolute Gasteiger partial charge is 0.305 e. The minimum atomic E-state index is -0.913. The van der Waals surface area contributed by atoms with E-state index in [9.17, 15) is 9.59 Å². The molecule has 0 radical (unpaired) electrons. The van der Waals surface area contributed by atoms with Crippen LogP contribution in [0.2, 0.25) is 0 Å².